The minimum absolute atomic E-state index is 0.203. The molecule has 0 radical (unpaired) electrons. The number of carbonyl (C=O) groups excluding carboxylic acids is 1. The van der Waals surface area contributed by atoms with Crippen molar-refractivity contribution in [2.24, 2.45) is 5.92 Å². The van der Waals surface area contributed by atoms with Crippen LogP contribution in [0.4, 0.5) is 0 Å². The molecule has 3 fully saturated rings. The fourth-order valence-corrected chi connectivity index (χ4v) is 4.31. The Morgan fingerprint density at radius 3 is 2.68 bits per heavy atom. The van der Waals surface area contributed by atoms with E-state index < -0.39 is 0 Å². The second-order valence-corrected chi connectivity index (χ2v) is 7.41. The van der Waals surface area contributed by atoms with Gasteiger partial charge in [0, 0.05) is 36.6 Å². The van der Waals surface area contributed by atoms with Gasteiger partial charge in [-0.25, -0.2) is 0 Å². The van der Waals surface area contributed by atoms with E-state index in [1.54, 1.807) is 0 Å². The van der Waals surface area contributed by atoms with Gasteiger partial charge in [-0.3, -0.25) is 9.69 Å². The molecule has 1 aromatic carbocycles. The van der Waals surface area contributed by atoms with Crippen molar-refractivity contribution in [3.63, 3.8) is 0 Å². The number of fused-ring (bicyclic) bond motifs is 1. The third-order valence-corrected chi connectivity index (χ3v) is 5.77. The van der Waals surface area contributed by atoms with E-state index in [9.17, 15) is 4.79 Å². The summed E-state index contributed by atoms with van der Waals surface area (Å²) in [4.78, 5) is 17.6. The average molecular weight is 319 g/mol. The number of hydrogen-bond acceptors (Lipinski definition) is 2. The maximum atomic E-state index is 12.8. The molecule has 0 aromatic heterocycles. The zero-order valence-corrected chi connectivity index (χ0v) is 13.6. The van der Waals surface area contributed by atoms with Crippen LogP contribution in [-0.4, -0.2) is 47.9 Å². The largest absolute Gasteiger partial charge is 0.341 e. The van der Waals surface area contributed by atoms with Gasteiger partial charge < -0.3 is 4.90 Å². The van der Waals surface area contributed by atoms with Crippen LogP contribution in [-0.2, 0) is 4.79 Å². The summed E-state index contributed by atoms with van der Waals surface area (Å²) in [5.41, 5.74) is 1.26. The number of benzene rings is 1. The first-order chi connectivity index (χ1) is 10.7. The second kappa shape index (κ2) is 5.86. The molecule has 0 N–H and O–H groups in total. The molecule has 118 valence electrons. The molecule has 1 aromatic rings. The monoisotopic (exact) mass is 318 g/mol. The number of halogens is 1. The maximum absolute atomic E-state index is 12.8. The van der Waals surface area contributed by atoms with E-state index in [0.717, 1.165) is 31.0 Å². The zero-order valence-electron chi connectivity index (χ0n) is 12.9. The molecule has 0 unspecified atom stereocenters. The van der Waals surface area contributed by atoms with Crippen LogP contribution in [0, 0.1) is 5.92 Å². The lowest BCUT2D eigenvalue weighted by Crippen LogP contribution is -2.40. The van der Waals surface area contributed by atoms with Crippen molar-refractivity contribution in [1.82, 2.24) is 9.80 Å². The lowest BCUT2D eigenvalue weighted by Gasteiger charge is -2.26. The number of nitrogens with zero attached hydrogens (tertiary/aromatic N) is 2. The predicted octanol–water partition coefficient (Wildman–Crippen LogP) is 3.14. The van der Waals surface area contributed by atoms with Gasteiger partial charge in [-0.05, 0) is 55.8 Å². The van der Waals surface area contributed by atoms with Crippen molar-refractivity contribution in [2.75, 3.05) is 26.2 Å². The van der Waals surface area contributed by atoms with Crippen LogP contribution >= 0.6 is 11.6 Å². The highest BCUT2D eigenvalue weighted by Crippen LogP contribution is 2.48. The van der Waals surface area contributed by atoms with E-state index in [0.29, 0.717) is 17.9 Å². The van der Waals surface area contributed by atoms with Crippen molar-refractivity contribution < 1.29 is 4.79 Å². The average Bonchev–Trinajstić information content (AvgIpc) is 3.25. The summed E-state index contributed by atoms with van der Waals surface area (Å²) in [6.07, 6.45) is 4.69. The summed E-state index contributed by atoms with van der Waals surface area (Å²) >= 11 is 5.95. The fourth-order valence-electron chi connectivity index (χ4n) is 4.19. The van der Waals surface area contributed by atoms with Crippen LogP contribution in [0.2, 0.25) is 5.02 Å². The van der Waals surface area contributed by atoms with Crippen LogP contribution in [0.25, 0.3) is 0 Å². The van der Waals surface area contributed by atoms with Gasteiger partial charge in [0.2, 0.25) is 5.91 Å². The summed E-state index contributed by atoms with van der Waals surface area (Å²) in [6.45, 7) is 4.28. The fraction of sp³-hybridized carbons (Fsp3) is 0.611. The van der Waals surface area contributed by atoms with Crippen LogP contribution in [0.5, 0.6) is 0 Å². The molecule has 4 heteroatoms. The lowest BCUT2D eigenvalue weighted by molar-refractivity contribution is -0.132. The number of rotatable bonds is 2. The van der Waals surface area contributed by atoms with E-state index in [2.05, 4.69) is 21.9 Å². The molecule has 1 amide bonds. The highest BCUT2D eigenvalue weighted by atomic mass is 35.5. The Morgan fingerprint density at radius 2 is 1.86 bits per heavy atom. The Balaban J connectivity index is 1.41. The summed E-state index contributed by atoms with van der Waals surface area (Å²) in [5.74, 6) is 0.996. The van der Waals surface area contributed by atoms with Crippen LogP contribution < -0.4 is 0 Å². The topological polar surface area (TPSA) is 23.6 Å². The molecule has 3 atom stereocenters. The molecule has 4 rings (SSSR count). The SMILES string of the molecule is O=C([C@@H]1C[C@@H]1c1ccc(Cl)cc1)N1CCCN2CCC[C@@H]2C1. The quantitative estimate of drug-likeness (QED) is 0.836. The van der Waals surface area contributed by atoms with Crippen LogP contribution in [0.1, 0.15) is 37.2 Å². The van der Waals surface area contributed by atoms with Gasteiger partial charge in [-0.2, -0.15) is 0 Å². The van der Waals surface area contributed by atoms with Crippen molar-refractivity contribution in [3.05, 3.63) is 34.9 Å². The van der Waals surface area contributed by atoms with Gasteiger partial charge in [0.05, 0.1) is 0 Å². The Hall–Kier alpha value is -1.06. The van der Waals surface area contributed by atoms with Gasteiger partial charge in [0.25, 0.3) is 0 Å². The third-order valence-electron chi connectivity index (χ3n) is 5.52. The minimum Gasteiger partial charge on any atom is -0.341 e. The molecule has 2 aliphatic heterocycles. The number of carbonyl (C=O) groups is 1. The van der Waals surface area contributed by atoms with Gasteiger partial charge in [-0.15, -0.1) is 0 Å². The van der Waals surface area contributed by atoms with E-state index in [-0.39, 0.29) is 5.92 Å². The van der Waals surface area contributed by atoms with Crippen molar-refractivity contribution in [2.45, 2.75) is 37.6 Å². The Morgan fingerprint density at radius 1 is 1.09 bits per heavy atom. The molecule has 0 bridgehead atoms. The van der Waals surface area contributed by atoms with Gasteiger partial charge >= 0.3 is 0 Å². The lowest BCUT2D eigenvalue weighted by atomic mass is 10.1. The van der Waals surface area contributed by atoms with Gasteiger partial charge in [-0.1, -0.05) is 23.7 Å². The summed E-state index contributed by atoms with van der Waals surface area (Å²) in [6, 6.07) is 8.61. The van der Waals surface area contributed by atoms with Crippen molar-refractivity contribution in [3.8, 4) is 0 Å². The van der Waals surface area contributed by atoms with Crippen molar-refractivity contribution in [1.29, 1.82) is 0 Å². The predicted molar refractivity (Wildman–Crippen MR) is 88.1 cm³/mol. The Kier molecular flexibility index (Phi) is 3.87. The Bertz CT molecular complexity index is 559. The molecular weight excluding hydrogens is 296 g/mol. The van der Waals surface area contributed by atoms with Crippen LogP contribution in [0.15, 0.2) is 24.3 Å². The van der Waals surface area contributed by atoms with E-state index in [1.165, 1.54) is 31.5 Å². The van der Waals surface area contributed by atoms with Crippen LogP contribution in [0.3, 0.4) is 0 Å². The smallest absolute Gasteiger partial charge is 0.226 e. The Labute approximate surface area is 137 Å². The van der Waals surface area contributed by atoms with E-state index >= 15 is 0 Å². The normalized spacial score (nSPS) is 31.7. The first kappa shape index (κ1) is 14.5. The summed E-state index contributed by atoms with van der Waals surface area (Å²) in [5, 5.41) is 0.765. The molecule has 22 heavy (non-hydrogen) atoms. The van der Waals surface area contributed by atoms with E-state index in [4.69, 9.17) is 11.6 Å². The second-order valence-electron chi connectivity index (χ2n) is 6.97. The molecule has 3 aliphatic rings. The molecule has 2 heterocycles. The summed E-state index contributed by atoms with van der Waals surface area (Å²) < 4.78 is 0. The van der Waals surface area contributed by atoms with E-state index in [1.807, 2.05) is 12.1 Å². The molecule has 0 spiro atoms. The van der Waals surface area contributed by atoms with Gasteiger partial charge in [0.1, 0.15) is 0 Å². The molecule has 1 aliphatic carbocycles. The zero-order chi connectivity index (χ0) is 15.1. The molecule has 3 nitrogen and oxygen atoms in total. The number of hydrogen-bond donors (Lipinski definition) is 0. The maximum Gasteiger partial charge on any atom is 0.226 e. The standard InChI is InChI=1S/C18H23ClN2O/c19-14-6-4-13(5-7-14)16-11-17(16)18(22)21-10-2-9-20-8-1-3-15(20)12-21/h4-7,15-17H,1-3,8-12H2/t15-,16-,17-/m1/s1. The molecular formula is C18H23ClN2O. The van der Waals surface area contributed by atoms with Crippen molar-refractivity contribution >= 4 is 17.5 Å². The first-order valence-electron chi connectivity index (χ1n) is 8.50. The summed E-state index contributed by atoms with van der Waals surface area (Å²) in [7, 11) is 0. The minimum atomic E-state index is 0.203. The third kappa shape index (κ3) is 2.77. The molecule has 1 saturated carbocycles. The first-order valence-corrected chi connectivity index (χ1v) is 8.88. The molecule has 2 saturated heterocycles. The number of amides is 1. The highest BCUT2D eigenvalue weighted by molar-refractivity contribution is 6.30. The highest BCUT2D eigenvalue weighted by Gasteiger charge is 2.46. The van der Waals surface area contributed by atoms with Gasteiger partial charge in [0.15, 0.2) is 0 Å².